The van der Waals surface area contributed by atoms with E-state index < -0.39 is 0 Å². The molecule has 0 radical (unpaired) electrons. The van der Waals surface area contributed by atoms with Gasteiger partial charge in [-0.05, 0) is 49.8 Å². The average Bonchev–Trinajstić information content (AvgIpc) is 2.90. The Morgan fingerprint density at radius 1 is 1.33 bits per heavy atom. The van der Waals surface area contributed by atoms with Gasteiger partial charge in [0.25, 0.3) is 5.91 Å². The fourth-order valence-electron chi connectivity index (χ4n) is 3.12. The van der Waals surface area contributed by atoms with Gasteiger partial charge in [0.05, 0.1) is 12.7 Å². The molecule has 0 fully saturated rings. The van der Waals surface area contributed by atoms with Crippen LogP contribution in [0, 0.1) is 12.8 Å². The topological polar surface area (TPSA) is 55.4 Å². The lowest BCUT2D eigenvalue weighted by Crippen LogP contribution is -2.16. The zero-order chi connectivity index (χ0) is 17.3. The van der Waals surface area contributed by atoms with E-state index in [4.69, 9.17) is 4.74 Å². The average molecular weight is 343 g/mol. The fraction of sp³-hybridized carbons (Fsp3) is 0.368. The van der Waals surface area contributed by atoms with Crippen molar-refractivity contribution in [1.82, 2.24) is 0 Å². The zero-order valence-electron chi connectivity index (χ0n) is 14.1. The van der Waals surface area contributed by atoms with Gasteiger partial charge in [-0.3, -0.25) is 4.79 Å². The Morgan fingerprint density at radius 3 is 2.83 bits per heavy atom. The molecule has 1 N–H and O–H groups in total. The number of hydrogen-bond acceptors (Lipinski definition) is 4. The van der Waals surface area contributed by atoms with Crippen molar-refractivity contribution in [3.05, 3.63) is 51.4 Å². The third-order valence-corrected chi connectivity index (χ3v) is 5.58. The van der Waals surface area contributed by atoms with Gasteiger partial charge in [0, 0.05) is 10.4 Å². The number of methoxy groups -OCH3 is 1. The summed E-state index contributed by atoms with van der Waals surface area (Å²) in [4.78, 5) is 26.0. The van der Waals surface area contributed by atoms with Crippen LogP contribution in [0.5, 0.6) is 0 Å². The Bertz CT molecular complexity index is 794. The summed E-state index contributed by atoms with van der Waals surface area (Å²) in [6.45, 7) is 4.16. The molecule has 1 aromatic carbocycles. The summed E-state index contributed by atoms with van der Waals surface area (Å²) >= 11 is 1.50. The summed E-state index contributed by atoms with van der Waals surface area (Å²) in [5.74, 6) is 0.0269. The molecule has 126 valence electrons. The minimum Gasteiger partial charge on any atom is -0.465 e. The Hall–Kier alpha value is -2.14. The Kier molecular flexibility index (Phi) is 4.71. The summed E-state index contributed by atoms with van der Waals surface area (Å²) < 4.78 is 4.95. The number of ether oxygens (including phenoxy) is 1. The van der Waals surface area contributed by atoms with Crippen molar-refractivity contribution < 1.29 is 14.3 Å². The molecule has 0 bridgehead atoms. The molecule has 1 atom stereocenters. The highest BCUT2D eigenvalue weighted by Crippen LogP contribution is 2.40. The van der Waals surface area contributed by atoms with Gasteiger partial charge in [0.2, 0.25) is 0 Å². The molecule has 0 saturated carbocycles. The second-order valence-electron chi connectivity index (χ2n) is 6.37. The molecule has 24 heavy (non-hydrogen) atoms. The van der Waals surface area contributed by atoms with E-state index in [1.165, 1.54) is 23.3 Å². The molecule has 0 aliphatic heterocycles. The quantitative estimate of drug-likeness (QED) is 0.849. The van der Waals surface area contributed by atoms with Crippen molar-refractivity contribution in [2.45, 2.75) is 33.1 Å². The van der Waals surface area contributed by atoms with Crippen LogP contribution in [0.15, 0.2) is 24.3 Å². The normalized spacial score (nSPS) is 16.4. The number of benzene rings is 1. The number of hydrogen-bond donors (Lipinski definition) is 1. The van der Waals surface area contributed by atoms with Crippen LogP contribution in [0.1, 0.15) is 50.1 Å². The van der Waals surface area contributed by atoms with E-state index in [0.717, 1.165) is 30.4 Å². The highest BCUT2D eigenvalue weighted by atomic mass is 32.1. The first-order chi connectivity index (χ1) is 11.5. The molecule has 1 heterocycles. The lowest BCUT2D eigenvalue weighted by Gasteiger charge is -2.18. The molecule has 2 aromatic rings. The van der Waals surface area contributed by atoms with Gasteiger partial charge < -0.3 is 10.1 Å². The third kappa shape index (κ3) is 3.22. The molecule has 1 amide bonds. The van der Waals surface area contributed by atoms with E-state index in [2.05, 4.69) is 12.2 Å². The predicted molar refractivity (Wildman–Crippen MR) is 96.0 cm³/mol. The molecule has 1 aromatic heterocycles. The van der Waals surface area contributed by atoms with Gasteiger partial charge in [-0.15, -0.1) is 11.3 Å². The maximum absolute atomic E-state index is 12.6. The number of anilines is 1. The fourth-order valence-corrected chi connectivity index (χ4v) is 4.51. The maximum Gasteiger partial charge on any atom is 0.341 e. The van der Waals surface area contributed by atoms with Crippen molar-refractivity contribution in [2.75, 3.05) is 12.4 Å². The lowest BCUT2D eigenvalue weighted by molar-refractivity contribution is 0.0601. The van der Waals surface area contributed by atoms with Gasteiger partial charge in [-0.1, -0.05) is 24.6 Å². The highest BCUT2D eigenvalue weighted by Gasteiger charge is 2.29. The number of fused-ring (bicyclic) bond motifs is 1. The summed E-state index contributed by atoms with van der Waals surface area (Å²) in [6.07, 6.45) is 2.86. The molecular weight excluding hydrogens is 322 g/mol. The van der Waals surface area contributed by atoms with Gasteiger partial charge >= 0.3 is 5.97 Å². The summed E-state index contributed by atoms with van der Waals surface area (Å²) in [5.41, 5.74) is 3.19. The van der Waals surface area contributed by atoms with Crippen molar-refractivity contribution in [3.63, 3.8) is 0 Å². The highest BCUT2D eigenvalue weighted by molar-refractivity contribution is 7.17. The van der Waals surface area contributed by atoms with Crippen molar-refractivity contribution >= 4 is 28.2 Å². The van der Waals surface area contributed by atoms with E-state index in [9.17, 15) is 9.59 Å². The van der Waals surface area contributed by atoms with Crippen LogP contribution in [0.25, 0.3) is 0 Å². The Labute approximate surface area is 145 Å². The number of rotatable bonds is 3. The molecule has 0 saturated heterocycles. The third-order valence-electron chi connectivity index (χ3n) is 4.41. The van der Waals surface area contributed by atoms with Gasteiger partial charge in [-0.2, -0.15) is 0 Å². The van der Waals surface area contributed by atoms with Gasteiger partial charge in [0.15, 0.2) is 0 Å². The zero-order valence-corrected chi connectivity index (χ0v) is 15.0. The molecular formula is C19H21NO3S. The predicted octanol–water partition coefficient (Wildman–Crippen LogP) is 4.22. The number of carbonyl (C=O) groups is 2. The minimum atomic E-state index is -0.374. The van der Waals surface area contributed by atoms with Gasteiger partial charge in [0.1, 0.15) is 5.00 Å². The number of aryl methyl sites for hydroxylation is 1. The van der Waals surface area contributed by atoms with E-state index in [0.29, 0.717) is 22.0 Å². The number of carbonyl (C=O) groups excluding carboxylic acids is 2. The van der Waals surface area contributed by atoms with Crippen LogP contribution in [0.2, 0.25) is 0 Å². The summed E-state index contributed by atoms with van der Waals surface area (Å²) in [6, 6.07) is 7.41. The molecule has 1 aliphatic carbocycles. The van der Waals surface area contributed by atoms with Crippen molar-refractivity contribution in [1.29, 1.82) is 0 Å². The number of amides is 1. The van der Waals surface area contributed by atoms with Crippen LogP contribution in [-0.4, -0.2) is 19.0 Å². The van der Waals surface area contributed by atoms with E-state index in [-0.39, 0.29) is 11.9 Å². The Balaban J connectivity index is 1.95. The van der Waals surface area contributed by atoms with E-state index in [1.54, 1.807) is 6.07 Å². The SMILES string of the molecule is COC(=O)c1c(NC(=O)c2cccc(C)c2)sc2c1CC[C@H](C)C2. The first kappa shape index (κ1) is 16.7. The maximum atomic E-state index is 12.6. The van der Waals surface area contributed by atoms with E-state index in [1.807, 2.05) is 25.1 Å². The molecule has 5 heteroatoms. The minimum absolute atomic E-state index is 0.199. The van der Waals surface area contributed by atoms with Crippen LogP contribution in [0.4, 0.5) is 5.00 Å². The molecule has 1 aliphatic rings. The Morgan fingerprint density at radius 2 is 2.12 bits per heavy atom. The number of thiophene rings is 1. The van der Waals surface area contributed by atoms with Crippen LogP contribution in [0.3, 0.4) is 0 Å². The lowest BCUT2D eigenvalue weighted by atomic mass is 9.88. The summed E-state index contributed by atoms with van der Waals surface area (Å²) in [5, 5.41) is 3.52. The standard InChI is InChI=1S/C19H21NO3S/c1-11-5-4-6-13(9-11)17(21)20-18-16(19(22)23-3)14-8-7-12(2)10-15(14)24-18/h4-6,9,12H,7-8,10H2,1-3H3,(H,20,21)/t12-/m0/s1. The van der Waals surface area contributed by atoms with Crippen LogP contribution >= 0.6 is 11.3 Å². The molecule has 0 unspecified atom stereocenters. The smallest absolute Gasteiger partial charge is 0.341 e. The van der Waals surface area contributed by atoms with E-state index >= 15 is 0 Å². The van der Waals surface area contributed by atoms with Crippen molar-refractivity contribution in [2.24, 2.45) is 5.92 Å². The number of esters is 1. The second-order valence-corrected chi connectivity index (χ2v) is 7.48. The number of nitrogens with one attached hydrogen (secondary N) is 1. The largest absolute Gasteiger partial charge is 0.465 e. The first-order valence-corrected chi connectivity index (χ1v) is 8.92. The monoisotopic (exact) mass is 343 g/mol. The van der Waals surface area contributed by atoms with Crippen LogP contribution < -0.4 is 5.32 Å². The van der Waals surface area contributed by atoms with Gasteiger partial charge in [-0.25, -0.2) is 4.79 Å². The van der Waals surface area contributed by atoms with Crippen molar-refractivity contribution in [3.8, 4) is 0 Å². The molecule has 3 rings (SSSR count). The van der Waals surface area contributed by atoms with Crippen LogP contribution in [-0.2, 0) is 17.6 Å². The summed E-state index contributed by atoms with van der Waals surface area (Å²) in [7, 11) is 1.38. The first-order valence-electron chi connectivity index (χ1n) is 8.10. The molecule has 4 nitrogen and oxygen atoms in total. The second kappa shape index (κ2) is 6.77. The molecule has 0 spiro atoms.